The summed E-state index contributed by atoms with van der Waals surface area (Å²) in [7, 11) is 0. The van der Waals surface area contributed by atoms with Crippen molar-refractivity contribution in [2.45, 2.75) is 25.0 Å². The number of carbonyl (C=O) groups is 4. The van der Waals surface area contributed by atoms with Crippen LogP contribution in [0.3, 0.4) is 0 Å². The summed E-state index contributed by atoms with van der Waals surface area (Å²) in [5.41, 5.74) is -8.17. The number of Topliss-reactive ketones (excluding diaryl/α,β-unsaturated/α-hetero) is 2. The van der Waals surface area contributed by atoms with Gasteiger partial charge in [-0.3, -0.25) is 9.59 Å². The lowest BCUT2D eigenvalue weighted by atomic mass is 9.72. The fraction of sp³-hybridized carbons (Fsp3) is 0.200. The molecule has 9 nitrogen and oxygen atoms in total. The topological polar surface area (TPSA) is 181 Å². The van der Waals surface area contributed by atoms with E-state index in [4.69, 9.17) is 0 Å². The molecule has 6 N–H and O–H groups in total. The third-order valence-corrected chi connectivity index (χ3v) is 4.58. The molecule has 0 saturated heterocycles. The van der Waals surface area contributed by atoms with Gasteiger partial charge in [0.05, 0.1) is 0 Å². The summed E-state index contributed by atoms with van der Waals surface area (Å²) in [6.45, 7) is 2.86. The van der Waals surface area contributed by atoms with Crippen molar-refractivity contribution in [3.8, 4) is 0 Å². The summed E-state index contributed by atoms with van der Waals surface area (Å²) in [4.78, 5) is 49.5. The Morgan fingerprint density at radius 3 is 1.17 bits per heavy atom. The molecule has 2 aromatic carbocycles. The van der Waals surface area contributed by atoms with Crippen molar-refractivity contribution in [3.05, 3.63) is 70.8 Å². The average Bonchev–Trinajstić information content (AvgIpc) is 2.65. The van der Waals surface area contributed by atoms with E-state index in [-0.39, 0.29) is 27.7 Å². The zero-order valence-electron chi connectivity index (χ0n) is 15.5. The van der Waals surface area contributed by atoms with E-state index in [1.807, 2.05) is 0 Å². The maximum atomic E-state index is 12.9. The summed E-state index contributed by atoms with van der Waals surface area (Å²) < 4.78 is 0. The van der Waals surface area contributed by atoms with E-state index < -0.39 is 34.7 Å². The molecule has 0 amide bonds. The Bertz CT molecular complexity index is 902. The molecule has 2 aromatic rings. The third kappa shape index (κ3) is 3.54. The Kier molecular flexibility index (Phi) is 6.78. The first-order chi connectivity index (χ1) is 13.0. The highest BCUT2D eigenvalue weighted by Gasteiger charge is 2.70. The van der Waals surface area contributed by atoms with Crippen molar-refractivity contribution in [1.29, 1.82) is 0 Å². The smallest absolute Gasteiger partial charge is 0.348 e. The highest BCUT2D eigenvalue weighted by molar-refractivity contribution is 6.28. The van der Waals surface area contributed by atoms with Gasteiger partial charge in [-0.1, -0.05) is 48.5 Å². The lowest BCUT2D eigenvalue weighted by Crippen LogP contribution is -2.71. The molecule has 9 heteroatoms. The highest BCUT2D eigenvalue weighted by Crippen LogP contribution is 2.33. The largest absolute Gasteiger partial charge is 0.479 e. The van der Waals surface area contributed by atoms with Crippen molar-refractivity contribution in [2.75, 3.05) is 0 Å². The number of benzene rings is 2. The quantitative estimate of drug-likeness (QED) is 0.372. The van der Waals surface area contributed by atoms with E-state index >= 15 is 0 Å². The van der Waals surface area contributed by atoms with Crippen LogP contribution in [-0.4, -0.2) is 60.6 Å². The predicted octanol–water partition coefficient (Wildman–Crippen LogP) is 0.176. The molecule has 29 heavy (non-hydrogen) atoms. The van der Waals surface area contributed by atoms with Gasteiger partial charge >= 0.3 is 11.9 Å². The first-order valence-corrected chi connectivity index (χ1v) is 8.12. The van der Waals surface area contributed by atoms with E-state index in [2.05, 4.69) is 0 Å². The summed E-state index contributed by atoms with van der Waals surface area (Å²) in [6.07, 6.45) is 0. The first kappa shape index (κ1) is 23.6. The second-order valence-corrected chi connectivity index (χ2v) is 6.32. The molecule has 0 aromatic heterocycles. The molecule has 0 unspecified atom stereocenters. The van der Waals surface area contributed by atoms with Crippen molar-refractivity contribution in [3.63, 3.8) is 0 Å². The van der Waals surface area contributed by atoms with Gasteiger partial charge in [0.25, 0.3) is 11.2 Å². The fourth-order valence-corrected chi connectivity index (χ4v) is 2.88. The first-order valence-electron chi connectivity index (χ1n) is 8.12. The van der Waals surface area contributed by atoms with Crippen LogP contribution in [0.15, 0.2) is 48.5 Å². The van der Waals surface area contributed by atoms with Gasteiger partial charge in [-0.2, -0.15) is 0 Å². The Morgan fingerprint density at radius 1 is 0.655 bits per heavy atom. The number of rotatable bonds is 7. The standard InChI is InChI=1S/C20H18O8.H2O/c1-11-7-3-5-9-13(11)15(21)19(27,17(23)24)20(28,18(25)26)16(22)14-10-6-4-8-12(14)2;/h3-10,27-28H,1-2H3,(H,23,24)(H,25,26);1H2/t19-,20-;/m0./s1. The Hall–Kier alpha value is -3.40. The van der Waals surface area contributed by atoms with Crippen LogP contribution in [0.4, 0.5) is 0 Å². The molecular weight excluding hydrogens is 384 g/mol. The summed E-state index contributed by atoms with van der Waals surface area (Å²) in [5, 5.41) is 40.6. The number of ketones is 2. The van der Waals surface area contributed by atoms with E-state index in [1.165, 1.54) is 50.2 Å². The zero-order valence-corrected chi connectivity index (χ0v) is 15.5. The molecule has 0 aliphatic carbocycles. The molecule has 2 rings (SSSR count). The zero-order chi connectivity index (χ0) is 21.3. The van der Waals surface area contributed by atoms with Crippen LogP contribution < -0.4 is 0 Å². The second kappa shape index (κ2) is 8.31. The molecule has 0 aliphatic rings. The predicted molar refractivity (Wildman–Crippen MR) is 99.8 cm³/mol. The van der Waals surface area contributed by atoms with Gasteiger partial charge < -0.3 is 25.9 Å². The second-order valence-electron chi connectivity index (χ2n) is 6.32. The van der Waals surface area contributed by atoms with Gasteiger partial charge in [-0.25, -0.2) is 9.59 Å². The highest BCUT2D eigenvalue weighted by atomic mass is 16.5. The van der Waals surface area contributed by atoms with E-state index in [0.717, 1.165) is 12.1 Å². The minimum absolute atomic E-state index is 0. The van der Waals surface area contributed by atoms with Crippen molar-refractivity contribution < 1.29 is 45.1 Å². The molecular formula is C20H20O9. The minimum Gasteiger partial charge on any atom is -0.479 e. The van der Waals surface area contributed by atoms with Gasteiger partial charge in [0, 0.05) is 11.1 Å². The number of aliphatic carboxylic acids is 2. The molecule has 0 saturated carbocycles. The fourth-order valence-electron chi connectivity index (χ4n) is 2.88. The molecule has 0 bridgehead atoms. The Labute approximate surface area is 165 Å². The molecule has 0 spiro atoms. The number of carbonyl (C=O) groups excluding carboxylic acids is 2. The van der Waals surface area contributed by atoms with E-state index in [9.17, 15) is 39.6 Å². The van der Waals surface area contributed by atoms with Crippen molar-refractivity contribution in [1.82, 2.24) is 0 Å². The van der Waals surface area contributed by atoms with Gasteiger partial charge in [0.2, 0.25) is 11.6 Å². The molecule has 0 aliphatic heterocycles. The van der Waals surface area contributed by atoms with Gasteiger partial charge in [-0.05, 0) is 25.0 Å². The summed E-state index contributed by atoms with van der Waals surface area (Å²) >= 11 is 0. The molecule has 0 heterocycles. The van der Waals surface area contributed by atoms with E-state index in [0.29, 0.717) is 0 Å². The molecule has 2 atom stereocenters. The summed E-state index contributed by atoms with van der Waals surface area (Å²) in [6, 6.07) is 11.0. The number of carboxylic acids is 2. The van der Waals surface area contributed by atoms with Crippen LogP contribution in [0.2, 0.25) is 0 Å². The van der Waals surface area contributed by atoms with Gasteiger partial charge in [0.1, 0.15) is 0 Å². The minimum atomic E-state index is -3.97. The maximum Gasteiger partial charge on any atom is 0.348 e. The molecule has 154 valence electrons. The monoisotopic (exact) mass is 404 g/mol. The van der Waals surface area contributed by atoms with Crippen LogP contribution >= 0.6 is 0 Å². The molecule has 0 fully saturated rings. The van der Waals surface area contributed by atoms with Gasteiger partial charge in [0.15, 0.2) is 0 Å². The van der Waals surface area contributed by atoms with Crippen LogP contribution in [-0.2, 0) is 9.59 Å². The maximum absolute atomic E-state index is 12.9. The molecule has 0 radical (unpaired) electrons. The van der Waals surface area contributed by atoms with Crippen molar-refractivity contribution in [2.24, 2.45) is 0 Å². The van der Waals surface area contributed by atoms with E-state index in [1.54, 1.807) is 0 Å². The Balaban J connectivity index is 0.00000420. The number of hydrogen-bond donors (Lipinski definition) is 4. The van der Waals surface area contributed by atoms with Crippen LogP contribution in [0.25, 0.3) is 0 Å². The lowest BCUT2D eigenvalue weighted by Gasteiger charge is -2.35. The number of carboxylic acid groups (broad SMARTS) is 2. The lowest BCUT2D eigenvalue weighted by molar-refractivity contribution is -0.187. The summed E-state index contributed by atoms with van der Waals surface area (Å²) in [5.74, 6) is -7.98. The number of aryl methyl sites for hydroxylation is 2. The van der Waals surface area contributed by atoms with Crippen LogP contribution in [0.5, 0.6) is 0 Å². The van der Waals surface area contributed by atoms with Crippen LogP contribution in [0.1, 0.15) is 31.8 Å². The third-order valence-electron chi connectivity index (χ3n) is 4.58. The van der Waals surface area contributed by atoms with Crippen LogP contribution in [0, 0.1) is 13.8 Å². The number of hydrogen-bond acceptors (Lipinski definition) is 6. The van der Waals surface area contributed by atoms with Crippen molar-refractivity contribution >= 4 is 23.5 Å². The SMILES string of the molecule is Cc1ccccc1C(=O)[C@](O)(C(=O)O)[C@@](O)(C(=O)O)C(=O)c1ccccc1C.O. The average molecular weight is 404 g/mol. The normalized spacial score (nSPS) is 14.6. The van der Waals surface area contributed by atoms with Gasteiger partial charge in [-0.15, -0.1) is 0 Å². The Morgan fingerprint density at radius 2 is 0.931 bits per heavy atom. The number of aliphatic hydroxyl groups is 2.